The molecule has 0 saturated heterocycles. The van der Waals surface area contributed by atoms with Crippen LogP contribution in [0.5, 0.6) is 0 Å². The maximum absolute atomic E-state index is 11.4. The van der Waals surface area contributed by atoms with Crippen LogP contribution in [0, 0.1) is 4.91 Å². The van der Waals surface area contributed by atoms with Crippen LogP contribution in [0.1, 0.15) is 44.7 Å². The van der Waals surface area contributed by atoms with Gasteiger partial charge in [0.2, 0.25) is 0 Å². The molecule has 0 bridgehead atoms. The van der Waals surface area contributed by atoms with E-state index >= 15 is 0 Å². The van der Waals surface area contributed by atoms with E-state index in [0.717, 1.165) is 36.5 Å². The Morgan fingerprint density at radius 1 is 0.692 bits per heavy atom. The van der Waals surface area contributed by atoms with Crippen molar-refractivity contribution >= 4 is 12.6 Å². The standard InChI is InChI=1S/C20H22NO5/c22-15-19-9-5-17(6-10-19)3-1-13-25-21(24)26-14-2-4-18-7-11-20(16-23)12-8-18/h5-12,15-16H,1-4,13-14H2/q+1. The topological polar surface area (TPSA) is 72.7 Å². The number of carbonyl (C=O) groups excluding carboxylic acids is 2. The van der Waals surface area contributed by atoms with Crippen LogP contribution in [-0.4, -0.2) is 30.9 Å². The summed E-state index contributed by atoms with van der Waals surface area (Å²) < 4.78 is 0. The van der Waals surface area contributed by atoms with Gasteiger partial charge in [0.25, 0.3) is 0 Å². The van der Waals surface area contributed by atoms with Gasteiger partial charge in [-0.3, -0.25) is 9.59 Å². The maximum Gasteiger partial charge on any atom is 0.477 e. The second-order valence-electron chi connectivity index (χ2n) is 5.82. The molecule has 0 heterocycles. The van der Waals surface area contributed by atoms with Crippen molar-refractivity contribution in [1.29, 1.82) is 0 Å². The first-order chi connectivity index (χ1) is 12.7. The first kappa shape index (κ1) is 19.3. The van der Waals surface area contributed by atoms with Crippen LogP contribution >= 0.6 is 0 Å². The predicted octanol–water partition coefficient (Wildman–Crippen LogP) is 3.52. The highest BCUT2D eigenvalue weighted by atomic mass is 17.0. The minimum Gasteiger partial charge on any atom is -0.298 e. The van der Waals surface area contributed by atoms with Crippen molar-refractivity contribution in [2.75, 3.05) is 13.2 Å². The molecule has 2 aromatic carbocycles. The van der Waals surface area contributed by atoms with Gasteiger partial charge < -0.3 is 0 Å². The minimum atomic E-state index is 0.158. The summed E-state index contributed by atoms with van der Waals surface area (Å²) in [4.78, 5) is 42.5. The van der Waals surface area contributed by atoms with Crippen molar-refractivity contribution in [3.05, 3.63) is 75.7 Å². The fraction of sp³-hybridized carbons (Fsp3) is 0.300. The second-order valence-corrected chi connectivity index (χ2v) is 5.82. The molecule has 26 heavy (non-hydrogen) atoms. The number of aryl methyl sites for hydroxylation is 2. The fourth-order valence-electron chi connectivity index (χ4n) is 2.39. The van der Waals surface area contributed by atoms with Crippen LogP contribution in [0.4, 0.5) is 0 Å². The molecule has 2 aromatic rings. The SMILES string of the molecule is O=Cc1ccc(CCCO[N+](=O)OCCCc2ccc(C=O)cc2)cc1. The van der Waals surface area contributed by atoms with Gasteiger partial charge in [0.15, 0.2) is 13.2 Å². The molecule has 0 amide bonds. The van der Waals surface area contributed by atoms with E-state index in [1.807, 2.05) is 24.3 Å². The van der Waals surface area contributed by atoms with E-state index in [1.54, 1.807) is 24.3 Å². The largest absolute Gasteiger partial charge is 0.477 e. The van der Waals surface area contributed by atoms with E-state index in [0.29, 0.717) is 24.0 Å². The summed E-state index contributed by atoms with van der Waals surface area (Å²) in [5.74, 6) is 0. The number of hydrogen-bond acceptors (Lipinski definition) is 5. The first-order valence-corrected chi connectivity index (χ1v) is 8.52. The van der Waals surface area contributed by atoms with Crippen LogP contribution in [0.15, 0.2) is 48.5 Å². The summed E-state index contributed by atoms with van der Waals surface area (Å²) >= 11 is 0. The van der Waals surface area contributed by atoms with Crippen LogP contribution in [-0.2, 0) is 22.5 Å². The Kier molecular flexibility index (Phi) is 7.99. The smallest absolute Gasteiger partial charge is 0.298 e. The van der Waals surface area contributed by atoms with Crippen LogP contribution in [0.2, 0.25) is 0 Å². The van der Waals surface area contributed by atoms with E-state index in [2.05, 4.69) is 0 Å². The number of nitrogens with zero attached hydrogens (tertiary/aromatic N) is 1. The van der Waals surface area contributed by atoms with Crippen molar-refractivity contribution in [3.8, 4) is 0 Å². The van der Waals surface area contributed by atoms with Crippen LogP contribution < -0.4 is 0 Å². The summed E-state index contributed by atoms with van der Waals surface area (Å²) in [7, 11) is 0. The monoisotopic (exact) mass is 356 g/mol. The van der Waals surface area contributed by atoms with Gasteiger partial charge in [-0.1, -0.05) is 48.5 Å². The molecule has 0 aliphatic rings. The third-order valence-corrected chi connectivity index (χ3v) is 3.84. The number of hydrogen-bond donors (Lipinski definition) is 0. The molecule has 6 nitrogen and oxygen atoms in total. The molecule has 0 saturated carbocycles. The van der Waals surface area contributed by atoms with Gasteiger partial charge in [0.05, 0.1) is 0 Å². The molecule has 0 aliphatic heterocycles. The van der Waals surface area contributed by atoms with E-state index in [1.165, 1.54) is 0 Å². The lowest BCUT2D eigenvalue weighted by Crippen LogP contribution is -2.13. The lowest BCUT2D eigenvalue weighted by Gasteiger charge is -2.00. The Morgan fingerprint density at radius 2 is 1.08 bits per heavy atom. The Hall–Kier alpha value is -3.02. The van der Waals surface area contributed by atoms with Gasteiger partial charge in [-0.05, 0) is 36.8 Å². The van der Waals surface area contributed by atoms with E-state index in [4.69, 9.17) is 9.68 Å². The normalized spacial score (nSPS) is 10.2. The zero-order chi connectivity index (χ0) is 18.6. The Bertz CT molecular complexity index is 648. The molecule has 2 rings (SSSR count). The third-order valence-electron chi connectivity index (χ3n) is 3.84. The lowest BCUT2D eigenvalue weighted by molar-refractivity contribution is -0.981. The van der Waals surface area contributed by atoms with Crippen molar-refractivity contribution in [2.45, 2.75) is 25.7 Å². The second kappa shape index (κ2) is 10.8. The third kappa shape index (κ3) is 6.84. The molecule has 0 N–H and O–H groups in total. The highest BCUT2D eigenvalue weighted by Crippen LogP contribution is 2.07. The van der Waals surface area contributed by atoms with Gasteiger partial charge in [0, 0.05) is 11.1 Å². The molecule has 6 heteroatoms. The molecule has 0 radical (unpaired) electrons. The Morgan fingerprint density at radius 3 is 1.42 bits per heavy atom. The number of rotatable bonds is 12. The highest BCUT2D eigenvalue weighted by molar-refractivity contribution is 5.75. The summed E-state index contributed by atoms with van der Waals surface area (Å²) in [6.45, 7) is 0.512. The number of carbonyl (C=O) groups is 2. The number of benzene rings is 2. The van der Waals surface area contributed by atoms with Crippen molar-refractivity contribution in [3.63, 3.8) is 0 Å². The summed E-state index contributed by atoms with van der Waals surface area (Å²) in [5.41, 5.74) is 3.45. The molecule has 136 valence electrons. The van der Waals surface area contributed by atoms with Crippen LogP contribution in [0.3, 0.4) is 0 Å². The lowest BCUT2D eigenvalue weighted by atomic mass is 10.1. The highest BCUT2D eigenvalue weighted by Gasteiger charge is 2.11. The fourth-order valence-corrected chi connectivity index (χ4v) is 2.39. The molecule has 0 fully saturated rings. The van der Waals surface area contributed by atoms with E-state index in [-0.39, 0.29) is 18.3 Å². The maximum atomic E-state index is 11.4. The molecule has 0 atom stereocenters. The van der Waals surface area contributed by atoms with E-state index in [9.17, 15) is 14.5 Å². The van der Waals surface area contributed by atoms with Gasteiger partial charge in [0.1, 0.15) is 17.5 Å². The Balaban J connectivity index is 1.54. The average Bonchev–Trinajstić information content (AvgIpc) is 2.69. The van der Waals surface area contributed by atoms with Crippen molar-refractivity contribution in [2.24, 2.45) is 0 Å². The Labute approximate surface area is 152 Å². The molecule has 0 unspecified atom stereocenters. The molecular weight excluding hydrogens is 334 g/mol. The van der Waals surface area contributed by atoms with Crippen LogP contribution in [0.25, 0.3) is 0 Å². The van der Waals surface area contributed by atoms with Crippen molar-refractivity contribution < 1.29 is 24.4 Å². The molecule has 0 spiro atoms. The number of aldehydes is 2. The van der Waals surface area contributed by atoms with Gasteiger partial charge in [-0.25, -0.2) is 0 Å². The van der Waals surface area contributed by atoms with Gasteiger partial charge in [-0.2, -0.15) is 9.68 Å². The summed E-state index contributed by atoms with van der Waals surface area (Å²) in [6, 6.07) is 14.6. The molecule has 0 aliphatic carbocycles. The summed E-state index contributed by atoms with van der Waals surface area (Å²) in [5, 5.41) is 0.158. The van der Waals surface area contributed by atoms with Crippen molar-refractivity contribution in [1.82, 2.24) is 0 Å². The average molecular weight is 356 g/mol. The zero-order valence-corrected chi connectivity index (χ0v) is 14.5. The molecule has 0 aromatic heterocycles. The minimum absolute atomic E-state index is 0.158. The first-order valence-electron chi connectivity index (χ1n) is 8.52. The quantitative estimate of drug-likeness (QED) is 0.330. The molecular formula is C20H22NO5+. The van der Waals surface area contributed by atoms with Gasteiger partial charge in [-0.15, -0.1) is 0 Å². The van der Waals surface area contributed by atoms with Gasteiger partial charge >= 0.3 is 5.09 Å². The zero-order valence-electron chi connectivity index (χ0n) is 14.5. The predicted molar refractivity (Wildman–Crippen MR) is 95.8 cm³/mol. The van der Waals surface area contributed by atoms with E-state index < -0.39 is 0 Å². The summed E-state index contributed by atoms with van der Waals surface area (Å²) in [6.07, 6.45) is 4.46.